The molecule has 0 radical (unpaired) electrons. The molecule has 0 bridgehead atoms. The predicted molar refractivity (Wildman–Crippen MR) is 65.3 cm³/mol. The third-order valence-electron chi connectivity index (χ3n) is 2.64. The van der Waals surface area contributed by atoms with Crippen molar-refractivity contribution in [3.05, 3.63) is 47.0 Å². The summed E-state index contributed by atoms with van der Waals surface area (Å²) in [6.07, 6.45) is 1.59. The summed E-state index contributed by atoms with van der Waals surface area (Å²) < 4.78 is 13.4. The molecule has 0 fully saturated rings. The van der Waals surface area contributed by atoms with Gasteiger partial charge < -0.3 is 11.1 Å². The van der Waals surface area contributed by atoms with Crippen molar-refractivity contribution in [3.8, 4) is 0 Å². The van der Waals surface area contributed by atoms with Crippen molar-refractivity contribution in [2.45, 2.75) is 13.5 Å². The maximum absolute atomic E-state index is 13.4. The zero-order valence-corrected chi connectivity index (χ0v) is 9.83. The standard InChI is InChI=1S/C12H13FN4O/c1-7-10(13)4-8(5-11(7)14)12(18)15-6-9-2-3-16-17-9/h2-5H,6,14H2,1H3,(H,15,18)(H,16,17). The van der Waals surface area contributed by atoms with Gasteiger partial charge in [-0.2, -0.15) is 5.10 Å². The van der Waals surface area contributed by atoms with Crippen molar-refractivity contribution in [2.75, 3.05) is 5.73 Å². The molecule has 5 nitrogen and oxygen atoms in total. The number of amides is 1. The summed E-state index contributed by atoms with van der Waals surface area (Å²) in [4.78, 5) is 11.8. The van der Waals surface area contributed by atoms with Crippen molar-refractivity contribution < 1.29 is 9.18 Å². The topological polar surface area (TPSA) is 83.8 Å². The van der Waals surface area contributed by atoms with E-state index in [1.165, 1.54) is 12.1 Å². The average molecular weight is 248 g/mol. The number of anilines is 1. The summed E-state index contributed by atoms with van der Waals surface area (Å²) in [5, 5.41) is 9.11. The van der Waals surface area contributed by atoms with E-state index in [4.69, 9.17) is 5.73 Å². The average Bonchev–Trinajstić information content (AvgIpc) is 2.85. The van der Waals surface area contributed by atoms with Gasteiger partial charge in [-0.25, -0.2) is 4.39 Å². The number of hydrogen-bond acceptors (Lipinski definition) is 3. The molecule has 0 saturated heterocycles. The summed E-state index contributed by atoms with van der Waals surface area (Å²) in [6, 6.07) is 4.37. The van der Waals surface area contributed by atoms with Crippen LogP contribution in [0.3, 0.4) is 0 Å². The van der Waals surface area contributed by atoms with Crippen molar-refractivity contribution in [1.29, 1.82) is 0 Å². The number of hydrogen-bond donors (Lipinski definition) is 3. The van der Waals surface area contributed by atoms with Gasteiger partial charge in [-0.05, 0) is 25.1 Å². The Bertz CT molecular complexity index is 542. The number of nitrogens with zero attached hydrogens (tertiary/aromatic N) is 1. The van der Waals surface area contributed by atoms with E-state index in [1.54, 1.807) is 19.2 Å². The van der Waals surface area contributed by atoms with Crippen molar-refractivity contribution >= 4 is 11.6 Å². The number of rotatable bonds is 3. The maximum atomic E-state index is 13.4. The Morgan fingerprint density at radius 1 is 1.56 bits per heavy atom. The van der Waals surface area contributed by atoms with Crippen LogP contribution < -0.4 is 11.1 Å². The van der Waals surface area contributed by atoms with Crippen LogP contribution in [0.5, 0.6) is 0 Å². The van der Waals surface area contributed by atoms with Crippen molar-refractivity contribution in [1.82, 2.24) is 15.5 Å². The van der Waals surface area contributed by atoms with Gasteiger partial charge >= 0.3 is 0 Å². The minimum atomic E-state index is -0.485. The highest BCUT2D eigenvalue weighted by Gasteiger charge is 2.10. The summed E-state index contributed by atoms with van der Waals surface area (Å²) in [5.41, 5.74) is 7.20. The Kier molecular flexibility index (Phi) is 3.27. The van der Waals surface area contributed by atoms with E-state index < -0.39 is 5.82 Å². The largest absolute Gasteiger partial charge is 0.398 e. The molecular weight excluding hydrogens is 235 g/mol. The van der Waals surface area contributed by atoms with E-state index in [9.17, 15) is 9.18 Å². The van der Waals surface area contributed by atoms with Crippen LogP contribution >= 0.6 is 0 Å². The van der Waals surface area contributed by atoms with Crippen LogP contribution in [0.25, 0.3) is 0 Å². The predicted octanol–water partition coefficient (Wildman–Crippen LogP) is 1.37. The SMILES string of the molecule is Cc1c(N)cc(C(=O)NCc2ccn[nH]2)cc1F. The van der Waals surface area contributed by atoms with Crippen LogP contribution in [0, 0.1) is 12.7 Å². The van der Waals surface area contributed by atoms with Crippen LogP contribution in [0.15, 0.2) is 24.4 Å². The third kappa shape index (κ3) is 2.48. The molecule has 0 atom stereocenters. The quantitative estimate of drug-likeness (QED) is 0.717. The lowest BCUT2D eigenvalue weighted by Crippen LogP contribution is -2.23. The fourth-order valence-electron chi connectivity index (χ4n) is 1.49. The normalized spacial score (nSPS) is 10.3. The molecule has 94 valence electrons. The fourth-order valence-corrected chi connectivity index (χ4v) is 1.49. The van der Waals surface area contributed by atoms with Gasteiger partial charge in [0, 0.05) is 23.0 Å². The van der Waals surface area contributed by atoms with E-state index in [0.717, 1.165) is 5.69 Å². The number of aromatic nitrogens is 2. The second-order valence-corrected chi connectivity index (χ2v) is 3.94. The highest BCUT2D eigenvalue weighted by atomic mass is 19.1. The Balaban J connectivity index is 2.09. The van der Waals surface area contributed by atoms with Crippen molar-refractivity contribution in [3.63, 3.8) is 0 Å². The first-order valence-electron chi connectivity index (χ1n) is 5.40. The van der Waals surface area contributed by atoms with E-state index in [-0.39, 0.29) is 17.2 Å². The van der Waals surface area contributed by atoms with Crippen LogP contribution in [0.4, 0.5) is 10.1 Å². The highest BCUT2D eigenvalue weighted by Crippen LogP contribution is 2.17. The smallest absolute Gasteiger partial charge is 0.251 e. The number of aromatic amines is 1. The summed E-state index contributed by atoms with van der Waals surface area (Å²) >= 11 is 0. The van der Waals surface area contributed by atoms with Crippen LogP contribution in [-0.4, -0.2) is 16.1 Å². The minimum absolute atomic E-state index is 0.204. The third-order valence-corrected chi connectivity index (χ3v) is 2.64. The summed E-state index contributed by atoms with van der Waals surface area (Å²) in [5.74, 6) is -0.864. The second kappa shape index (κ2) is 4.87. The first-order chi connectivity index (χ1) is 8.58. The number of carbonyl (C=O) groups excluding carboxylic acids is 1. The van der Waals surface area contributed by atoms with Crippen molar-refractivity contribution in [2.24, 2.45) is 0 Å². The lowest BCUT2D eigenvalue weighted by molar-refractivity contribution is 0.0950. The molecule has 4 N–H and O–H groups in total. The second-order valence-electron chi connectivity index (χ2n) is 3.94. The Morgan fingerprint density at radius 3 is 2.94 bits per heavy atom. The lowest BCUT2D eigenvalue weighted by Gasteiger charge is -2.07. The van der Waals surface area contributed by atoms with E-state index in [1.807, 2.05) is 0 Å². The molecular formula is C12H13FN4O. The Hall–Kier alpha value is -2.37. The zero-order valence-electron chi connectivity index (χ0n) is 9.83. The molecule has 1 aromatic heterocycles. The number of H-pyrrole nitrogens is 1. The van der Waals surface area contributed by atoms with Gasteiger partial charge in [-0.1, -0.05) is 0 Å². The van der Waals surface area contributed by atoms with Gasteiger partial charge in [0.05, 0.1) is 12.2 Å². The van der Waals surface area contributed by atoms with Gasteiger partial charge in [0.15, 0.2) is 0 Å². The molecule has 1 amide bonds. The molecule has 2 aromatic rings. The first-order valence-corrected chi connectivity index (χ1v) is 5.40. The first kappa shape index (κ1) is 12.1. The monoisotopic (exact) mass is 248 g/mol. The van der Waals surface area contributed by atoms with E-state index >= 15 is 0 Å². The molecule has 1 aromatic carbocycles. The lowest BCUT2D eigenvalue weighted by atomic mass is 10.1. The number of nitrogens with one attached hydrogen (secondary N) is 2. The number of nitrogen functional groups attached to an aromatic ring is 1. The number of halogens is 1. The van der Waals surface area contributed by atoms with Gasteiger partial charge in [-0.15, -0.1) is 0 Å². The molecule has 0 aliphatic heterocycles. The van der Waals surface area contributed by atoms with E-state index in [2.05, 4.69) is 15.5 Å². The molecule has 0 aliphatic carbocycles. The molecule has 0 aliphatic rings. The van der Waals surface area contributed by atoms with Gasteiger partial charge in [0.1, 0.15) is 5.82 Å². The fraction of sp³-hybridized carbons (Fsp3) is 0.167. The molecule has 2 rings (SSSR count). The summed E-state index contributed by atoms with van der Waals surface area (Å²) in [6.45, 7) is 1.87. The molecule has 18 heavy (non-hydrogen) atoms. The Morgan fingerprint density at radius 2 is 2.33 bits per heavy atom. The zero-order chi connectivity index (χ0) is 13.1. The van der Waals surface area contributed by atoms with Crippen LogP contribution in [0.1, 0.15) is 21.6 Å². The minimum Gasteiger partial charge on any atom is -0.398 e. The van der Waals surface area contributed by atoms with Crippen LogP contribution in [-0.2, 0) is 6.54 Å². The van der Waals surface area contributed by atoms with Crippen LogP contribution in [0.2, 0.25) is 0 Å². The van der Waals surface area contributed by atoms with E-state index in [0.29, 0.717) is 12.1 Å². The number of nitrogens with two attached hydrogens (primary N) is 1. The molecule has 0 unspecified atom stereocenters. The van der Waals surface area contributed by atoms with Gasteiger partial charge in [0.25, 0.3) is 5.91 Å². The van der Waals surface area contributed by atoms with Gasteiger partial charge in [0.2, 0.25) is 0 Å². The highest BCUT2D eigenvalue weighted by molar-refractivity contribution is 5.95. The molecule has 1 heterocycles. The number of benzene rings is 1. The molecule has 0 saturated carbocycles. The number of carbonyl (C=O) groups is 1. The maximum Gasteiger partial charge on any atom is 0.251 e. The molecule has 0 spiro atoms. The summed E-state index contributed by atoms with van der Waals surface area (Å²) in [7, 11) is 0. The molecule has 6 heteroatoms. The van der Waals surface area contributed by atoms with Gasteiger partial charge in [-0.3, -0.25) is 9.89 Å². The Labute approximate surface area is 103 Å².